The summed E-state index contributed by atoms with van der Waals surface area (Å²) < 4.78 is 67.2. The third-order valence-corrected chi connectivity index (χ3v) is 9.38. The molecule has 1 aromatic heterocycles. The molecule has 7 nitrogen and oxygen atoms in total. The van der Waals surface area contributed by atoms with E-state index in [0.29, 0.717) is 39.8 Å². The van der Waals surface area contributed by atoms with Crippen LogP contribution >= 0.6 is 11.3 Å². The molecule has 3 aromatic rings. The monoisotopic (exact) mass is 553 g/mol. The maximum Gasteiger partial charge on any atom is 0.416 e. The van der Waals surface area contributed by atoms with Crippen LogP contribution in [0.5, 0.6) is 0 Å². The van der Waals surface area contributed by atoms with Gasteiger partial charge in [-0.1, -0.05) is 0 Å². The molecule has 1 spiro atoms. The summed E-state index contributed by atoms with van der Waals surface area (Å²) >= 11 is 1.23. The number of anilines is 3. The number of benzene rings is 2. The molecular weight excluding hydrogens is 527 g/mol. The fourth-order valence-corrected chi connectivity index (χ4v) is 6.49. The van der Waals surface area contributed by atoms with Crippen LogP contribution in [-0.4, -0.2) is 44.9 Å². The first kappa shape index (κ1) is 25.8. The van der Waals surface area contributed by atoms with Gasteiger partial charge in [-0.2, -0.15) is 13.2 Å². The van der Waals surface area contributed by atoms with Crippen molar-refractivity contribution >= 4 is 54.4 Å². The second-order valence-electron chi connectivity index (χ2n) is 9.68. The van der Waals surface area contributed by atoms with E-state index >= 15 is 0 Å². The number of rotatable bonds is 7. The second-order valence-corrected chi connectivity index (χ2v) is 12.4. The lowest BCUT2D eigenvalue weighted by molar-refractivity contribution is -0.137. The molecule has 198 valence electrons. The molecule has 0 unspecified atom stereocenters. The lowest BCUT2D eigenvalue weighted by atomic mass is 9.93. The number of hydrogen-bond donors (Lipinski definition) is 3. The van der Waals surface area contributed by atoms with Crippen molar-refractivity contribution in [3.63, 3.8) is 0 Å². The number of halogens is 3. The topological polar surface area (TPSA) is 98.7 Å². The molecule has 0 bridgehead atoms. The van der Waals surface area contributed by atoms with E-state index in [0.717, 1.165) is 25.0 Å². The minimum absolute atomic E-state index is 0.266. The zero-order chi connectivity index (χ0) is 26.4. The Hall–Kier alpha value is -2.83. The quantitative estimate of drug-likeness (QED) is 0.370. The predicted octanol–water partition coefficient (Wildman–Crippen LogP) is 5.29. The van der Waals surface area contributed by atoms with E-state index in [9.17, 15) is 26.4 Å². The molecular formula is C25H26F3N3O4S2. The number of piperidine rings is 1. The number of amides is 1. The van der Waals surface area contributed by atoms with E-state index in [1.807, 2.05) is 0 Å². The van der Waals surface area contributed by atoms with Crippen LogP contribution < -0.4 is 14.9 Å². The molecule has 2 fully saturated rings. The maximum atomic E-state index is 13.4. The fourth-order valence-electron chi connectivity index (χ4n) is 4.79. The molecule has 37 heavy (non-hydrogen) atoms. The minimum Gasteiger partial charge on any atom is -0.395 e. The average Bonchev–Trinajstić information content (AvgIpc) is 3.47. The second kappa shape index (κ2) is 9.48. The number of hydrogen-bond acceptors (Lipinski definition) is 6. The summed E-state index contributed by atoms with van der Waals surface area (Å²) in [5.41, 5.74) is 0.977. The highest BCUT2D eigenvalue weighted by atomic mass is 32.2. The van der Waals surface area contributed by atoms with Gasteiger partial charge in [-0.15, -0.1) is 11.3 Å². The molecule has 1 saturated heterocycles. The normalized spacial score (nSPS) is 17.2. The van der Waals surface area contributed by atoms with Crippen molar-refractivity contribution in [2.75, 3.05) is 40.4 Å². The molecule has 0 atom stereocenters. The van der Waals surface area contributed by atoms with Crippen molar-refractivity contribution in [1.29, 1.82) is 0 Å². The standard InChI is InChI=1S/C25H26F3N3O4S2/c26-25(27,28)16-1-4-22-19(13-16)20(15-36-22)29-23(33)18-3-2-17(30-37(34,35)12-11-32)14-21(18)31-9-7-24(5-6-24)8-10-31/h1-4,13-15,30,32H,5-12H2,(H,29,33). The van der Waals surface area contributed by atoms with E-state index in [1.54, 1.807) is 11.4 Å². The molecule has 1 amide bonds. The molecule has 3 N–H and O–H groups in total. The van der Waals surface area contributed by atoms with Gasteiger partial charge in [0.1, 0.15) is 0 Å². The lowest BCUT2D eigenvalue weighted by Gasteiger charge is -2.35. The predicted molar refractivity (Wildman–Crippen MR) is 139 cm³/mol. The van der Waals surface area contributed by atoms with Crippen LogP contribution in [0.3, 0.4) is 0 Å². The van der Waals surface area contributed by atoms with Crippen molar-refractivity contribution in [2.45, 2.75) is 31.9 Å². The fraction of sp³-hybridized carbons (Fsp3) is 0.400. The lowest BCUT2D eigenvalue weighted by Crippen LogP contribution is -2.35. The van der Waals surface area contributed by atoms with Crippen molar-refractivity contribution in [3.05, 3.63) is 52.9 Å². The number of sulfonamides is 1. The van der Waals surface area contributed by atoms with Crippen LogP contribution in [-0.2, 0) is 16.2 Å². The average molecular weight is 554 g/mol. The van der Waals surface area contributed by atoms with Gasteiger partial charge in [0, 0.05) is 28.6 Å². The highest BCUT2D eigenvalue weighted by Crippen LogP contribution is 2.54. The third-order valence-electron chi connectivity index (χ3n) is 7.15. The summed E-state index contributed by atoms with van der Waals surface area (Å²) in [6, 6.07) is 8.01. The van der Waals surface area contributed by atoms with Gasteiger partial charge in [0.2, 0.25) is 10.0 Å². The van der Waals surface area contributed by atoms with E-state index < -0.39 is 40.0 Å². The molecule has 1 saturated carbocycles. The highest BCUT2D eigenvalue weighted by Gasteiger charge is 2.44. The summed E-state index contributed by atoms with van der Waals surface area (Å²) in [7, 11) is -3.76. The number of carbonyl (C=O) groups is 1. The summed E-state index contributed by atoms with van der Waals surface area (Å²) in [6.45, 7) is 0.897. The van der Waals surface area contributed by atoms with Crippen LogP contribution in [0.4, 0.5) is 30.2 Å². The van der Waals surface area contributed by atoms with Crippen LogP contribution in [0.1, 0.15) is 41.6 Å². The first-order chi connectivity index (χ1) is 17.5. The van der Waals surface area contributed by atoms with Gasteiger partial charge in [-0.3, -0.25) is 9.52 Å². The molecule has 1 aliphatic heterocycles. The molecule has 2 heterocycles. The van der Waals surface area contributed by atoms with Crippen LogP contribution in [0.15, 0.2) is 41.8 Å². The minimum atomic E-state index is -4.50. The Morgan fingerprint density at radius 3 is 2.46 bits per heavy atom. The molecule has 5 rings (SSSR count). The number of nitrogens with zero attached hydrogens (tertiary/aromatic N) is 1. The van der Waals surface area contributed by atoms with Gasteiger partial charge < -0.3 is 15.3 Å². The summed E-state index contributed by atoms with van der Waals surface area (Å²) in [4.78, 5) is 15.5. The SMILES string of the molecule is O=C(Nc1csc2ccc(C(F)(F)F)cc12)c1ccc(NS(=O)(=O)CCO)cc1N1CCC2(CC1)CC2. The Balaban J connectivity index is 1.46. The Labute approximate surface area is 216 Å². The van der Waals surface area contributed by atoms with Crippen molar-refractivity contribution in [2.24, 2.45) is 5.41 Å². The smallest absolute Gasteiger partial charge is 0.395 e. The van der Waals surface area contributed by atoms with E-state index in [1.165, 1.54) is 42.4 Å². The maximum absolute atomic E-state index is 13.4. The first-order valence-electron chi connectivity index (χ1n) is 11.9. The van der Waals surface area contributed by atoms with Gasteiger partial charge in [0.15, 0.2) is 0 Å². The molecule has 12 heteroatoms. The Morgan fingerprint density at radius 1 is 1.08 bits per heavy atom. The van der Waals surface area contributed by atoms with Crippen LogP contribution in [0.2, 0.25) is 0 Å². The van der Waals surface area contributed by atoms with Crippen LogP contribution in [0.25, 0.3) is 10.1 Å². The summed E-state index contributed by atoms with van der Waals surface area (Å²) in [5, 5.41) is 13.7. The Kier molecular flexibility index (Phi) is 6.61. The van der Waals surface area contributed by atoms with E-state index in [2.05, 4.69) is 14.9 Å². The Morgan fingerprint density at radius 2 is 1.81 bits per heavy atom. The number of fused-ring (bicyclic) bond motifs is 1. The number of nitrogens with one attached hydrogen (secondary N) is 2. The van der Waals surface area contributed by atoms with Gasteiger partial charge in [-0.05, 0) is 67.5 Å². The number of aliphatic hydroxyl groups excluding tert-OH is 1. The van der Waals surface area contributed by atoms with Crippen molar-refractivity contribution < 1.29 is 31.5 Å². The highest BCUT2D eigenvalue weighted by molar-refractivity contribution is 7.92. The van der Waals surface area contributed by atoms with Gasteiger partial charge in [-0.25, -0.2) is 8.42 Å². The van der Waals surface area contributed by atoms with E-state index in [4.69, 9.17) is 5.11 Å². The number of thiophene rings is 1. The number of aliphatic hydroxyl groups is 1. The molecule has 0 radical (unpaired) electrons. The van der Waals surface area contributed by atoms with E-state index in [-0.39, 0.29) is 11.4 Å². The van der Waals surface area contributed by atoms with Gasteiger partial charge in [0.25, 0.3) is 5.91 Å². The summed E-state index contributed by atoms with van der Waals surface area (Å²) in [6.07, 6.45) is -0.161. The first-order valence-corrected chi connectivity index (χ1v) is 14.4. The third kappa shape index (κ3) is 5.55. The zero-order valence-electron chi connectivity index (χ0n) is 19.8. The van der Waals surface area contributed by atoms with Crippen molar-refractivity contribution in [3.8, 4) is 0 Å². The largest absolute Gasteiger partial charge is 0.416 e. The molecule has 2 aliphatic rings. The number of carbonyl (C=O) groups excluding carboxylic acids is 1. The summed E-state index contributed by atoms with van der Waals surface area (Å²) in [5.74, 6) is -0.953. The molecule has 2 aromatic carbocycles. The molecule has 1 aliphatic carbocycles. The van der Waals surface area contributed by atoms with Crippen molar-refractivity contribution in [1.82, 2.24) is 0 Å². The zero-order valence-corrected chi connectivity index (χ0v) is 21.4. The van der Waals surface area contributed by atoms with Crippen LogP contribution in [0, 0.1) is 5.41 Å². The van der Waals surface area contributed by atoms with Gasteiger partial charge in [0.05, 0.1) is 40.5 Å². The Bertz CT molecular complexity index is 1440. The number of alkyl halides is 3. The van der Waals surface area contributed by atoms with Gasteiger partial charge >= 0.3 is 6.18 Å².